The van der Waals surface area contributed by atoms with Crippen molar-refractivity contribution in [3.8, 4) is 6.07 Å². The molecule has 0 aromatic carbocycles. The summed E-state index contributed by atoms with van der Waals surface area (Å²) in [5.41, 5.74) is 2.23. The van der Waals surface area contributed by atoms with E-state index in [1.165, 1.54) is 0 Å². The van der Waals surface area contributed by atoms with Gasteiger partial charge in [0.05, 0.1) is 11.2 Å². The summed E-state index contributed by atoms with van der Waals surface area (Å²) in [4.78, 5) is 4.38. The minimum absolute atomic E-state index is 0.219. The summed E-state index contributed by atoms with van der Waals surface area (Å²) in [7, 11) is -1.65. The first-order valence-corrected chi connectivity index (χ1v) is 6.40. The van der Waals surface area contributed by atoms with E-state index in [9.17, 15) is 15.3 Å². The summed E-state index contributed by atoms with van der Waals surface area (Å²) < 4.78 is 1.83. The second-order valence-electron chi connectivity index (χ2n) is 5.08. The summed E-state index contributed by atoms with van der Waals surface area (Å²) in [5.74, 6) is 0. The Hall–Kier alpha value is -1.84. The Morgan fingerprint density at radius 2 is 2.21 bits per heavy atom. The Balaban J connectivity index is 2.37. The zero-order chi connectivity index (χ0) is 13.6. The van der Waals surface area contributed by atoms with Crippen molar-refractivity contribution in [3.63, 3.8) is 0 Å². The van der Waals surface area contributed by atoms with Gasteiger partial charge in [0.15, 0.2) is 0 Å². The lowest BCUT2D eigenvalue weighted by atomic mass is 9.81. The van der Waals surface area contributed by atoms with Gasteiger partial charge < -0.3 is 14.6 Å². The number of pyridine rings is 1. The maximum absolute atomic E-state index is 9.61. The van der Waals surface area contributed by atoms with Crippen LogP contribution in [0.3, 0.4) is 0 Å². The van der Waals surface area contributed by atoms with Crippen molar-refractivity contribution in [1.29, 1.82) is 5.26 Å². The minimum Gasteiger partial charge on any atom is -0.422 e. The highest BCUT2D eigenvalue weighted by Crippen LogP contribution is 2.34. The number of fused-ring (bicyclic) bond motifs is 1. The normalized spacial score (nSPS) is 15.3. The van der Waals surface area contributed by atoms with Gasteiger partial charge in [-0.25, -0.2) is 4.98 Å². The zero-order valence-corrected chi connectivity index (χ0v) is 10.7. The number of hydrogen-bond donors (Lipinski definition) is 2. The topological polar surface area (TPSA) is 82.1 Å². The Morgan fingerprint density at radius 1 is 1.47 bits per heavy atom. The number of aryl methyl sites for hydroxylation is 1. The lowest BCUT2D eigenvalue weighted by Crippen LogP contribution is -2.41. The highest BCUT2D eigenvalue weighted by molar-refractivity contribution is 6.59. The predicted molar refractivity (Wildman–Crippen MR) is 71.9 cm³/mol. The molecule has 19 heavy (non-hydrogen) atoms. The summed E-state index contributed by atoms with van der Waals surface area (Å²) in [6.45, 7) is 1.91. The third kappa shape index (κ3) is 1.74. The van der Waals surface area contributed by atoms with E-state index in [2.05, 4.69) is 11.1 Å². The van der Waals surface area contributed by atoms with E-state index >= 15 is 0 Å². The molecule has 0 atom stereocenters. The number of nitrogens with zero attached hydrogens (tertiary/aromatic N) is 3. The Morgan fingerprint density at radius 3 is 2.74 bits per heavy atom. The molecule has 0 saturated heterocycles. The van der Waals surface area contributed by atoms with E-state index < -0.39 is 7.12 Å². The maximum atomic E-state index is 9.61. The van der Waals surface area contributed by atoms with Crippen molar-refractivity contribution < 1.29 is 10.0 Å². The van der Waals surface area contributed by atoms with Gasteiger partial charge >= 0.3 is 7.12 Å². The van der Waals surface area contributed by atoms with Gasteiger partial charge in [-0.2, -0.15) is 5.26 Å². The number of nitriles is 1. The molecule has 1 aliphatic rings. The molecule has 1 fully saturated rings. The van der Waals surface area contributed by atoms with Crippen LogP contribution in [0.5, 0.6) is 0 Å². The van der Waals surface area contributed by atoms with Gasteiger partial charge in [-0.1, -0.05) is 0 Å². The van der Waals surface area contributed by atoms with Gasteiger partial charge in [0.2, 0.25) is 0 Å². The van der Waals surface area contributed by atoms with Gasteiger partial charge in [-0.15, -0.1) is 0 Å². The Labute approximate surface area is 111 Å². The fourth-order valence-corrected chi connectivity index (χ4v) is 2.70. The molecular formula is C13H14BN3O2. The predicted octanol–water partition coefficient (Wildman–Crippen LogP) is 0.621. The van der Waals surface area contributed by atoms with Crippen molar-refractivity contribution in [3.05, 3.63) is 23.4 Å². The van der Waals surface area contributed by atoms with Crippen LogP contribution in [0.4, 0.5) is 0 Å². The molecule has 0 radical (unpaired) electrons. The van der Waals surface area contributed by atoms with Gasteiger partial charge in [0.25, 0.3) is 0 Å². The van der Waals surface area contributed by atoms with Crippen LogP contribution in [0.2, 0.25) is 0 Å². The van der Waals surface area contributed by atoms with E-state index in [0.29, 0.717) is 16.6 Å². The second kappa shape index (κ2) is 4.37. The van der Waals surface area contributed by atoms with Crippen LogP contribution < -0.4 is 5.59 Å². The molecule has 1 saturated carbocycles. The minimum atomic E-state index is -1.65. The first-order valence-electron chi connectivity index (χ1n) is 6.40. The largest absolute Gasteiger partial charge is 0.507 e. The van der Waals surface area contributed by atoms with Gasteiger partial charge in [-0.3, -0.25) is 0 Å². The van der Waals surface area contributed by atoms with Crippen molar-refractivity contribution in [2.45, 2.75) is 32.2 Å². The molecule has 1 aliphatic carbocycles. The highest BCUT2D eigenvalue weighted by atomic mass is 16.4. The molecule has 5 nitrogen and oxygen atoms in total. The molecule has 6 heteroatoms. The van der Waals surface area contributed by atoms with Gasteiger partial charge in [0.1, 0.15) is 11.7 Å². The number of hydrogen-bond acceptors (Lipinski definition) is 4. The van der Waals surface area contributed by atoms with Crippen LogP contribution in [-0.2, 0) is 0 Å². The van der Waals surface area contributed by atoms with Crippen molar-refractivity contribution in [1.82, 2.24) is 9.55 Å². The quantitative estimate of drug-likeness (QED) is 0.771. The zero-order valence-electron chi connectivity index (χ0n) is 10.7. The molecule has 0 unspecified atom stereocenters. The molecule has 2 aromatic heterocycles. The molecule has 0 spiro atoms. The lowest BCUT2D eigenvalue weighted by molar-refractivity contribution is 0.320. The van der Waals surface area contributed by atoms with Crippen LogP contribution in [0.15, 0.2) is 12.3 Å². The molecule has 2 aromatic rings. The highest BCUT2D eigenvalue weighted by Gasteiger charge is 2.32. The molecule has 3 rings (SSSR count). The van der Waals surface area contributed by atoms with E-state index in [4.69, 9.17) is 0 Å². The smallest absolute Gasteiger partial charge is 0.422 e. The molecular weight excluding hydrogens is 241 g/mol. The third-order valence-electron chi connectivity index (χ3n) is 3.81. The Kier molecular flexibility index (Phi) is 2.81. The van der Waals surface area contributed by atoms with Crippen molar-refractivity contribution in [2.24, 2.45) is 0 Å². The molecule has 2 heterocycles. The standard InChI is InChI=1S/C13H14BN3O2/c1-8-5-10-11(6-15)12(14(18)19)17(9-3-2-4-9)13(10)16-7-8/h5,7,9,18-19H,2-4H2,1H3. The van der Waals surface area contributed by atoms with E-state index in [1.807, 2.05) is 17.6 Å². The van der Waals surface area contributed by atoms with Crippen LogP contribution in [-0.4, -0.2) is 26.7 Å². The summed E-state index contributed by atoms with van der Waals surface area (Å²) in [6.07, 6.45) is 4.85. The number of rotatable bonds is 2. The monoisotopic (exact) mass is 255 g/mol. The van der Waals surface area contributed by atoms with Gasteiger partial charge in [-0.05, 0) is 37.8 Å². The molecule has 0 aliphatic heterocycles. The first-order chi connectivity index (χ1) is 9.13. The Bertz CT molecular complexity index is 683. The van der Waals surface area contributed by atoms with Crippen LogP contribution in [0.1, 0.15) is 36.4 Å². The van der Waals surface area contributed by atoms with E-state index in [0.717, 1.165) is 24.8 Å². The van der Waals surface area contributed by atoms with Crippen molar-refractivity contribution in [2.75, 3.05) is 0 Å². The van der Waals surface area contributed by atoms with Crippen LogP contribution in [0.25, 0.3) is 11.0 Å². The van der Waals surface area contributed by atoms with E-state index in [-0.39, 0.29) is 11.6 Å². The summed E-state index contributed by atoms with van der Waals surface area (Å²) in [5, 5.41) is 29.3. The SMILES string of the molecule is Cc1cnc2c(c1)c(C#N)c(B(O)O)n2C1CCC1. The average molecular weight is 255 g/mol. The van der Waals surface area contributed by atoms with Crippen LogP contribution >= 0.6 is 0 Å². The second-order valence-corrected chi connectivity index (χ2v) is 5.08. The fraction of sp³-hybridized carbons (Fsp3) is 0.385. The molecule has 2 N–H and O–H groups in total. The fourth-order valence-electron chi connectivity index (χ4n) is 2.70. The first kappa shape index (κ1) is 12.2. The lowest BCUT2D eigenvalue weighted by Gasteiger charge is -2.29. The van der Waals surface area contributed by atoms with E-state index in [1.54, 1.807) is 6.20 Å². The third-order valence-corrected chi connectivity index (χ3v) is 3.81. The number of aromatic nitrogens is 2. The average Bonchev–Trinajstić information content (AvgIpc) is 2.61. The summed E-state index contributed by atoms with van der Waals surface area (Å²) in [6, 6.07) is 4.19. The molecule has 0 amide bonds. The molecule has 0 bridgehead atoms. The van der Waals surface area contributed by atoms with Gasteiger partial charge in [0, 0.05) is 17.6 Å². The maximum Gasteiger partial charge on any atom is 0.507 e. The molecule has 96 valence electrons. The van der Waals surface area contributed by atoms with Crippen LogP contribution in [0, 0.1) is 18.3 Å². The van der Waals surface area contributed by atoms with Crippen molar-refractivity contribution >= 4 is 23.7 Å². The summed E-state index contributed by atoms with van der Waals surface area (Å²) >= 11 is 0.